The summed E-state index contributed by atoms with van der Waals surface area (Å²) in [7, 11) is 1.61. The summed E-state index contributed by atoms with van der Waals surface area (Å²) in [6.07, 6.45) is 1.91. The fourth-order valence-electron chi connectivity index (χ4n) is 3.20. The maximum Gasteiger partial charge on any atom is 0.238 e. The quantitative estimate of drug-likeness (QED) is 0.896. The number of amides is 1. The number of carbonyl (C=O) groups excluding carboxylic acids is 1. The summed E-state index contributed by atoms with van der Waals surface area (Å²) in [4.78, 5) is 14.3. The van der Waals surface area contributed by atoms with Gasteiger partial charge in [-0.15, -0.1) is 0 Å². The van der Waals surface area contributed by atoms with Gasteiger partial charge in [-0.05, 0) is 49.2 Å². The lowest BCUT2D eigenvalue weighted by molar-refractivity contribution is -0.117. The van der Waals surface area contributed by atoms with Crippen molar-refractivity contribution in [1.29, 1.82) is 0 Å². The van der Waals surface area contributed by atoms with Crippen LogP contribution in [0.25, 0.3) is 0 Å². The molecule has 2 aromatic carbocycles. The molecular formula is C19H20F2N2O2. The Morgan fingerprint density at radius 3 is 2.52 bits per heavy atom. The van der Waals surface area contributed by atoms with Crippen LogP contribution in [0.2, 0.25) is 0 Å². The van der Waals surface area contributed by atoms with Gasteiger partial charge in [0.15, 0.2) is 0 Å². The van der Waals surface area contributed by atoms with Crippen LogP contribution in [-0.4, -0.2) is 31.0 Å². The number of nitrogens with one attached hydrogen (secondary N) is 1. The van der Waals surface area contributed by atoms with Crippen LogP contribution in [0.5, 0.6) is 5.75 Å². The molecule has 0 spiro atoms. The van der Waals surface area contributed by atoms with Crippen LogP contribution >= 0.6 is 0 Å². The molecule has 1 aliphatic heterocycles. The van der Waals surface area contributed by atoms with Gasteiger partial charge in [-0.1, -0.05) is 18.2 Å². The van der Waals surface area contributed by atoms with E-state index in [1.54, 1.807) is 7.11 Å². The van der Waals surface area contributed by atoms with Crippen molar-refractivity contribution >= 4 is 11.6 Å². The van der Waals surface area contributed by atoms with Gasteiger partial charge in [0, 0.05) is 6.04 Å². The summed E-state index contributed by atoms with van der Waals surface area (Å²) in [5.41, 5.74) is 0.705. The van der Waals surface area contributed by atoms with Crippen LogP contribution in [-0.2, 0) is 4.79 Å². The fraction of sp³-hybridized carbons (Fsp3) is 0.316. The van der Waals surface area contributed by atoms with E-state index in [0.717, 1.165) is 42.8 Å². The highest BCUT2D eigenvalue weighted by Gasteiger charge is 2.28. The predicted octanol–water partition coefficient (Wildman–Crippen LogP) is 3.75. The zero-order valence-electron chi connectivity index (χ0n) is 14.0. The summed E-state index contributed by atoms with van der Waals surface area (Å²) in [6, 6.07) is 11.4. The van der Waals surface area contributed by atoms with Crippen LogP contribution in [0.15, 0.2) is 42.5 Å². The molecule has 0 aromatic heterocycles. The second-order valence-electron chi connectivity index (χ2n) is 6.05. The van der Waals surface area contributed by atoms with Gasteiger partial charge < -0.3 is 10.1 Å². The third-order valence-electron chi connectivity index (χ3n) is 4.44. The Balaban J connectivity index is 1.67. The Hall–Kier alpha value is -2.47. The molecule has 132 valence electrons. The first kappa shape index (κ1) is 17.4. The number of nitrogens with zero attached hydrogens (tertiary/aromatic N) is 1. The van der Waals surface area contributed by atoms with Crippen molar-refractivity contribution in [3.63, 3.8) is 0 Å². The number of methoxy groups -OCH3 is 1. The molecule has 1 atom stereocenters. The zero-order valence-corrected chi connectivity index (χ0v) is 14.0. The van der Waals surface area contributed by atoms with Crippen LogP contribution in [0.4, 0.5) is 14.5 Å². The topological polar surface area (TPSA) is 41.6 Å². The Labute approximate surface area is 145 Å². The molecule has 0 saturated carbocycles. The van der Waals surface area contributed by atoms with Crippen LogP contribution in [0, 0.1) is 11.6 Å². The van der Waals surface area contributed by atoms with Crippen molar-refractivity contribution in [3.8, 4) is 5.75 Å². The number of para-hydroxylation sites is 1. The molecule has 1 amide bonds. The second kappa shape index (κ2) is 7.61. The minimum Gasteiger partial charge on any atom is -0.497 e. The molecule has 25 heavy (non-hydrogen) atoms. The van der Waals surface area contributed by atoms with Crippen LogP contribution in [0.1, 0.15) is 24.4 Å². The van der Waals surface area contributed by atoms with E-state index in [0.29, 0.717) is 0 Å². The SMILES string of the molecule is COc1ccc(C2CCCN2CC(=O)Nc2c(F)cccc2F)cc1. The molecule has 0 radical (unpaired) electrons. The molecule has 1 heterocycles. The maximum absolute atomic E-state index is 13.7. The first-order valence-electron chi connectivity index (χ1n) is 8.20. The monoisotopic (exact) mass is 346 g/mol. The maximum atomic E-state index is 13.7. The molecule has 3 rings (SSSR count). The summed E-state index contributed by atoms with van der Waals surface area (Å²) in [6.45, 7) is 0.855. The molecule has 0 aliphatic carbocycles. The Morgan fingerprint density at radius 1 is 1.20 bits per heavy atom. The van der Waals surface area contributed by atoms with E-state index >= 15 is 0 Å². The van der Waals surface area contributed by atoms with Gasteiger partial charge in [0.25, 0.3) is 0 Å². The molecule has 4 nitrogen and oxygen atoms in total. The number of halogens is 2. The number of hydrogen-bond acceptors (Lipinski definition) is 3. The number of ether oxygens (including phenoxy) is 1. The molecule has 2 aromatic rings. The van der Waals surface area contributed by atoms with Crippen molar-refractivity contribution in [3.05, 3.63) is 59.7 Å². The first-order valence-corrected chi connectivity index (χ1v) is 8.20. The molecule has 1 unspecified atom stereocenters. The van der Waals surface area contributed by atoms with Gasteiger partial charge in [0.1, 0.15) is 23.1 Å². The normalized spacial score (nSPS) is 17.5. The lowest BCUT2D eigenvalue weighted by atomic mass is 10.0. The first-order chi connectivity index (χ1) is 12.1. The van der Waals surface area contributed by atoms with E-state index in [2.05, 4.69) is 5.32 Å². The largest absolute Gasteiger partial charge is 0.497 e. The minimum atomic E-state index is -0.776. The van der Waals surface area contributed by atoms with E-state index in [9.17, 15) is 13.6 Å². The highest BCUT2D eigenvalue weighted by atomic mass is 19.1. The van der Waals surface area contributed by atoms with Gasteiger partial charge >= 0.3 is 0 Å². The standard InChI is InChI=1S/C19H20F2N2O2/c1-25-14-9-7-13(8-10-14)17-6-3-11-23(17)12-18(24)22-19-15(20)4-2-5-16(19)21/h2,4-5,7-10,17H,3,6,11-12H2,1H3,(H,22,24). The van der Waals surface area contributed by atoms with E-state index in [1.165, 1.54) is 6.07 Å². The van der Waals surface area contributed by atoms with E-state index in [1.807, 2.05) is 29.2 Å². The van der Waals surface area contributed by atoms with Crippen molar-refractivity contribution in [1.82, 2.24) is 4.90 Å². The number of likely N-dealkylation sites (tertiary alicyclic amines) is 1. The van der Waals surface area contributed by atoms with E-state index in [4.69, 9.17) is 4.74 Å². The van der Waals surface area contributed by atoms with E-state index < -0.39 is 23.2 Å². The van der Waals surface area contributed by atoms with Gasteiger partial charge in [-0.25, -0.2) is 8.78 Å². The molecule has 6 heteroatoms. The zero-order chi connectivity index (χ0) is 17.8. The molecule has 1 saturated heterocycles. The Bertz CT molecular complexity index is 729. The Morgan fingerprint density at radius 2 is 1.88 bits per heavy atom. The van der Waals surface area contributed by atoms with Crippen molar-refractivity contribution in [2.24, 2.45) is 0 Å². The summed E-state index contributed by atoms with van der Waals surface area (Å²) >= 11 is 0. The highest BCUT2D eigenvalue weighted by molar-refractivity contribution is 5.92. The number of hydrogen-bond donors (Lipinski definition) is 1. The van der Waals surface area contributed by atoms with Gasteiger partial charge in [-0.3, -0.25) is 9.69 Å². The smallest absolute Gasteiger partial charge is 0.238 e. The van der Waals surface area contributed by atoms with Gasteiger partial charge in [0.05, 0.1) is 13.7 Å². The molecular weight excluding hydrogens is 326 g/mol. The number of benzene rings is 2. The summed E-state index contributed by atoms with van der Waals surface area (Å²) in [5, 5.41) is 2.35. The predicted molar refractivity (Wildman–Crippen MR) is 91.5 cm³/mol. The number of rotatable bonds is 5. The number of anilines is 1. The average molecular weight is 346 g/mol. The minimum absolute atomic E-state index is 0.0878. The Kier molecular flexibility index (Phi) is 5.28. The second-order valence-corrected chi connectivity index (χ2v) is 6.05. The lowest BCUT2D eigenvalue weighted by Crippen LogP contribution is -2.33. The lowest BCUT2D eigenvalue weighted by Gasteiger charge is -2.24. The summed E-state index contributed by atoms with van der Waals surface area (Å²) < 4.78 is 32.5. The molecule has 1 fully saturated rings. The van der Waals surface area contributed by atoms with Crippen LogP contribution < -0.4 is 10.1 Å². The van der Waals surface area contributed by atoms with Crippen LogP contribution in [0.3, 0.4) is 0 Å². The molecule has 1 N–H and O–H groups in total. The fourth-order valence-corrected chi connectivity index (χ4v) is 3.20. The van der Waals surface area contributed by atoms with Crippen molar-refractivity contribution < 1.29 is 18.3 Å². The van der Waals surface area contributed by atoms with E-state index in [-0.39, 0.29) is 12.6 Å². The van der Waals surface area contributed by atoms with Crippen molar-refractivity contribution in [2.45, 2.75) is 18.9 Å². The molecule has 0 bridgehead atoms. The average Bonchev–Trinajstić information content (AvgIpc) is 3.06. The van der Waals surface area contributed by atoms with Gasteiger partial charge in [-0.2, -0.15) is 0 Å². The third-order valence-corrected chi connectivity index (χ3v) is 4.44. The molecule has 1 aliphatic rings. The number of carbonyl (C=O) groups is 1. The van der Waals surface area contributed by atoms with Crippen molar-refractivity contribution in [2.75, 3.05) is 25.5 Å². The third kappa shape index (κ3) is 3.96. The highest BCUT2D eigenvalue weighted by Crippen LogP contribution is 2.32. The summed E-state index contributed by atoms with van der Waals surface area (Å²) in [5.74, 6) is -1.20. The van der Waals surface area contributed by atoms with Gasteiger partial charge in [0.2, 0.25) is 5.91 Å².